The SMILES string of the molecule is ClC1=CC=NC2C=C(I)C=CC12. The van der Waals surface area contributed by atoms with Crippen LogP contribution in [0.5, 0.6) is 0 Å². The van der Waals surface area contributed by atoms with E-state index in [9.17, 15) is 0 Å². The molecule has 62 valence electrons. The van der Waals surface area contributed by atoms with Crippen molar-refractivity contribution in [2.45, 2.75) is 6.04 Å². The van der Waals surface area contributed by atoms with Crippen LogP contribution in [0, 0.1) is 5.92 Å². The van der Waals surface area contributed by atoms with Crippen molar-refractivity contribution in [1.82, 2.24) is 0 Å². The van der Waals surface area contributed by atoms with Gasteiger partial charge in [-0.15, -0.1) is 0 Å². The standard InChI is InChI=1S/C9H7ClIN/c10-8-3-4-12-9-5-6(11)1-2-7(8)9/h1-5,7,9H. The van der Waals surface area contributed by atoms with E-state index in [0.717, 1.165) is 5.03 Å². The number of hydrogen-bond acceptors (Lipinski definition) is 1. The van der Waals surface area contributed by atoms with E-state index in [0.29, 0.717) is 0 Å². The summed E-state index contributed by atoms with van der Waals surface area (Å²) in [6.45, 7) is 0. The van der Waals surface area contributed by atoms with Crippen molar-refractivity contribution in [3.8, 4) is 0 Å². The first-order valence-corrected chi connectivity index (χ1v) is 5.17. The van der Waals surface area contributed by atoms with E-state index in [1.54, 1.807) is 6.21 Å². The Kier molecular flexibility index (Phi) is 2.37. The van der Waals surface area contributed by atoms with Gasteiger partial charge in [0.1, 0.15) is 0 Å². The molecule has 2 rings (SSSR count). The number of aliphatic imine (C=N–C) groups is 1. The third-order valence-corrected chi connectivity index (χ3v) is 3.07. The van der Waals surface area contributed by atoms with E-state index in [1.807, 2.05) is 6.08 Å². The van der Waals surface area contributed by atoms with Crippen molar-refractivity contribution in [2.75, 3.05) is 0 Å². The van der Waals surface area contributed by atoms with E-state index in [-0.39, 0.29) is 12.0 Å². The molecular formula is C9H7ClIN. The zero-order valence-electron chi connectivity index (χ0n) is 6.24. The second kappa shape index (κ2) is 3.34. The van der Waals surface area contributed by atoms with E-state index in [4.69, 9.17) is 11.6 Å². The molecule has 0 aromatic heterocycles. The van der Waals surface area contributed by atoms with Crippen LogP contribution in [-0.4, -0.2) is 12.3 Å². The summed E-state index contributed by atoms with van der Waals surface area (Å²) in [7, 11) is 0. The summed E-state index contributed by atoms with van der Waals surface area (Å²) in [4.78, 5) is 4.33. The molecule has 1 nitrogen and oxygen atoms in total. The number of allylic oxidation sites excluding steroid dienone is 3. The first kappa shape index (κ1) is 8.51. The largest absolute Gasteiger partial charge is 0.285 e. The third-order valence-electron chi connectivity index (χ3n) is 1.97. The van der Waals surface area contributed by atoms with Crippen LogP contribution in [0.15, 0.2) is 37.9 Å². The van der Waals surface area contributed by atoms with Crippen LogP contribution in [0.4, 0.5) is 0 Å². The summed E-state index contributed by atoms with van der Waals surface area (Å²) in [5, 5.41) is 0.881. The van der Waals surface area contributed by atoms with Crippen LogP contribution < -0.4 is 0 Å². The van der Waals surface area contributed by atoms with Crippen LogP contribution in [0.3, 0.4) is 0 Å². The molecule has 0 saturated carbocycles. The fourth-order valence-corrected chi connectivity index (χ4v) is 2.18. The Hall–Kier alpha value is -0.0900. The molecule has 0 bridgehead atoms. The van der Waals surface area contributed by atoms with Gasteiger partial charge in [-0.3, -0.25) is 4.99 Å². The monoisotopic (exact) mass is 291 g/mol. The smallest absolute Gasteiger partial charge is 0.0804 e. The van der Waals surface area contributed by atoms with Crippen molar-refractivity contribution in [3.05, 3.63) is 32.9 Å². The van der Waals surface area contributed by atoms with Gasteiger partial charge in [-0.25, -0.2) is 0 Å². The lowest BCUT2D eigenvalue weighted by Crippen LogP contribution is -2.20. The van der Waals surface area contributed by atoms with Gasteiger partial charge in [-0.1, -0.05) is 23.8 Å². The Bertz CT molecular complexity index is 314. The molecule has 0 amide bonds. The summed E-state index contributed by atoms with van der Waals surface area (Å²) in [6, 6.07) is 0.222. The molecule has 0 aromatic rings. The molecular weight excluding hydrogens is 284 g/mol. The molecule has 0 spiro atoms. The predicted octanol–water partition coefficient (Wildman–Crippen LogP) is 3.07. The van der Waals surface area contributed by atoms with Crippen LogP contribution in [-0.2, 0) is 0 Å². The molecule has 1 aliphatic carbocycles. The molecule has 12 heavy (non-hydrogen) atoms. The molecule has 3 heteroatoms. The highest BCUT2D eigenvalue weighted by Gasteiger charge is 2.23. The fraction of sp³-hybridized carbons (Fsp3) is 0.222. The van der Waals surface area contributed by atoms with Gasteiger partial charge in [0.2, 0.25) is 0 Å². The molecule has 2 unspecified atom stereocenters. The minimum atomic E-state index is 0.222. The summed E-state index contributed by atoms with van der Waals surface area (Å²) in [5.41, 5.74) is 0. The summed E-state index contributed by atoms with van der Waals surface area (Å²) in [6.07, 6.45) is 9.97. The van der Waals surface area contributed by atoms with Gasteiger partial charge in [0.25, 0.3) is 0 Å². The highest BCUT2D eigenvalue weighted by atomic mass is 127. The molecule has 0 radical (unpaired) electrons. The number of nitrogens with zero attached hydrogens (tertiary/aromatic N) is 1. The lowest BCUT2D eigenvalue weighted by atomic mass is 9.93. The Labute approximate surface area is 90.0 Å². The number of hydrogen-bond donors (Lipinski definition) is 0. The molecule has 1 heterocycles. The van der Waals surface area contributed by atoms with Crippen LogP contribution >= 0.6 is 34.2 Å². The van der Waals surface area contributed by atoms with Gasteiger partial charge in [0, 0.05) is 20.7 Å². The Morgan fingerprint density at radius 3 is 3.17 bits per heavy atom. The number of rotatable bonds is 0. The van der Waals surface area contributed by atoms with Crippen molar-refractivity contribution in [1.29, 1.82) is 0 Å². The highest BCUT2D eigenvalue weighted by Crippen LogP contribution is 2.31. The minimum absolute atomic E-state index is 0.222. The van der Waals surface area contributed by atoms with Crippen molar-refractivity contribution in [3.63, 3.8) is 0 Å². The number of dihydropyridines is 1. The summed E-state index contributed by atoms with van der Waals surface area (Å²) < 4.78 is 1.23. The number of halogens is 2. The zero-order valence-corrected chi connectivity index (χ0v) is 9.16. The average Bonchev–Trinajstić information content (AvgIpc) is 2.04. The van der Waals surface area contributed by atoms with Crippen LogP contribution in [0.25, 0.3) is 0 Å². The Morgan fingerprint density at radius 1 is 1.50 bits per heavy atom. The maximum absolute atomic E-state index is 6.02. The van der Waals surface area contributed by atoms with Gasteiger partial charge in [-0.2, -0.15) is 0 Å². The molecule has 1 aliphatic heterocycles. The molecule has 0 aromatic carbocycles. The maximum Gasteiger partial charge on any atom is 0.0804 e. The molecule has 2 aliphatic rings. The first-order valence-electron chi connectivity index (χ1n) is 3.72. The minimum Gasteiger partial charge on any atom is -0.285 e. The van der Waals surface area contributed by atoms with Gasteiger partial charge in [-0.05, 0) is 34.7 Å². The lowest BCUT2D eigenvalue weighted by molar-refractivity contribution is 0.671. The van der Waals surface area contributed by atoms with Gasteiger partial charge in [0.15, 0.2) is 0 Å². The number of fused-ring (bicyclic) bond motifs is 1. The zero-order chi connectivity index (χ0) is 8.55. The topological polar surface area (TPSA) is 12.4 Å². The quantitative estimate of drug-likeness (QED) is 0.608. The average molecular weight is 292 g/mol. The van der Waals surface area contributed by atoms with Crippen LogP contribution in [0.2, 0.25) is 0 Å². The maximum atomic E-state index is 6.02. The molecule has 2 atom stereocenters. The molecule has 0 N–H and O–H groups in total. The van der Waals surface area contributed by atoms with Crippen LogP contribution in [0.1, 0.15) is 0 Å². The Balaban J connectivity index is 2.33. The van der Waals surface area contributed by atoms with E-state index in [2.05, 4.69) is 45.8 Å². The second-order valence-electron chi connectivity index (χ2n) is 2.78. The molecule has 0 fully saturated rings. The lowest BCUT2D eigenvalue weighted by Gasteiger charge is -2.23. The second-order valence-corrected chi connectivity index (χ2v) is 4.46. The fourth-order valence-electron chi connectivity index (χ4n) is 1.35. The van der Waals surface area contributed by atoms with Gasteiger partial charge in [0.05, 0.1) is 6.04 Å². The predicted molar refractivity (Wildman–Crippen MR) is 60.9 cm³/mol. The van der Waals surface area contributed by atoms with Crippen molar-refractivity contribution >= 4 is 40.4 Å². The normalized spacial score (nSPS) is 32.5. The van der Waals surface area contributed by atoms with E-state index >= 15 is 0 Å². The van der Waals surface area contributed by atoms with Gasteiger partial charge >= 0.3 is 0 Å². The summed E-state index contributed by atoms with van der Waals surface area (Å²) >= 11 is 8.32. The van der Waals surface area contributed by atoms with E-state index in [1.165, 1.54) is 3.58 Å². The molecule has 0 saturated heterocycles. The van der Waals surface area contributed by atoms with Crippen molar-refractivity contribution in [2.24, 2.45) is 10.9 Å². The van der Waals surface area contributed by atoms with E-state index < -0.39 is 0 Å². The Morgan fingerprint density at radius 2 is 2.33 bits per heavy atom. The highest BCUT2D eigenvalue weighted by molar-refractivity contribution is 14.1. The summed E-state index contributed by atoms with van der Waals surface area (Å²) in [5.74, 6) is 0.273. The van der Waals surface area contributed by atoms with Crippen molar-refractivity contribution < 1.29 is 0 Å². The van der Waals surface area contributed by atoms with Gasteiger partial charge < -0.3 is 0 Å². The third kappa shape index (κ3) is 1.50. The first-order chi connectivity index (χ1) is 5.77.